The summed E-state index contributed by atoms with van der Waals surface area (Å²) >= 11 is 0. The Balaban J connectivity index is 1.35. The third-order valence-corrected chi connectivity index (χ3v) is 6.48. The molecule has 1 aliphatic rings. The number of aromatic nitrogens is 2. The molecule has 0 saturated carbocycles. The highest BCUT2D eigenvalue weighted by Crippen LogP contribution is 2.21. The lowest BCUT2D eigenvalue weighted by molar-refractivity contribution is -0.131. The lowest BCUT2D eigenvalue weighted by Gasteiger charge is -2.37. The Labute approximate surface area is 207 Å². The van der Waals surface area contributed by atoms with Gasteiger partial charge in [0.1, 0.15) is 5.69 Å². The van der Waals surface area contributed by atoms with Gasteiger partial charge in [0.05, 0.1) is 11.9 Å². The van der Waals surface area contributed by atoms with E-state index >= 15 is 0 Å². The number of anilines is 1. The van der Waals surface area contributed by atoms with Gasteiger partial charge in [0.2, 0.25) is 5.91 Å². The molecule has 0 atom stereocenters. The number of piperazine rings is 1. The first-order valence-corrected chi connectivity index (χ1v) is 12.2. The average molecular weight is 472 g/mol. The number of carbonyl (C=O) groups is 2. The smallest absolute Gasteiger partial charge is 0.274 e. The number of para-hydroxylation sites is 1. The van der Waals surface area contributed by atoms with Crippen LogP contribution in [0.5, 0.6) is 0 Å². The number of hydrogen-bond acceptors (Lipinski definition) is 5. The highest BCUT2D eigenvalue weighted by atomic mass is 16.2. The summed E-state index contributed by atoms with van der Waals surface area (Å²) < 4.78 is 0. The minimum absolute atomic E-state index is 0.0851. The SMILES string of the molecule is Cc1cnc(C(=O)N(CCC(=O)N2CCN(c3ccccc3C)CC2)CCc2ccccc2)cn1. The molecule has 0 bridgehead atoms. The van der Waals surface area contributed by atoms with Crippen molar-refractivity contribution in [3.8, 4) is 0 Å². The van der Waals surface area contributed by atoms with Gasteiger partial charge in [0.15, 0.2) is 0 Å². The molecule has 3 aromatic rings. The molecule has 2 heterocycles. The van der Waals surface area contributed by atoms with Crippen molar-refractivity contribution in [2.75, 3.05) is 44.2 Å². The first-order chi connectivity index (χ1) is 17.0. The maximum absolute atomic E-state index is 13.2. The van der Waals surface area contributed by atoms with Crippen molar-refractivity contribution in [1.29, 1.82) is 0 Å². The van der Waals surface area contributed by atoms with Crippen molar-refractivity contribution in [1.82, 2.24) is 19.8 Å². The Bertz CT molecular complexity index is 1130. The standard InChI is InChI=1S/C28H33N5O2/c1-22-8-6-7-11-26(22)31-16-18-32(19-17-31)27(34)13-15-33(14-12-24-9-4-3-5-10-24)28(35)25-21-29-23(2)20-30-25/h3-11,20-21H,12-19H2,1-2H3. The molecule has 0 aliphatic carbocycles. The Morgan fingerprint density at radius 3 is 2.26 bits per heavy atom. The molecular formula is C28H33N5O2. The summed E-state index contributed by atoms with van der Waals surface area (Å²) in [6, 6.07) is 18.4. The van der Waals surface area contributed by atoms with E-state index in [2.05, 4.69) is 40.0 Å². The number of aryl methyl sites for hydroxylation is 2. The van der Waals surface area contributed by atoms with E-state index < -0.39 is 0 Å². The molecule has 1 aromatic heterocycles. The van der Waals surface area contributed by atoms with E-state index in [1.54, 1.807) is 11.1 Å². The van der Waals surface area contributed by atoms with Gasteiger partial charge in [0.25, 0.3) is 5.91 Å². The van der Waals surface area contributed by atoms with Crippen LogP contribution in [0.1, 0.15) is 33.7 Å². The maximum Gasteiger partial charge on any atom is 0.274 e. The van der Waals surface area contributed by atoms with E-state index in [0.29, 0.717) is 38.3 Å². The molecule has 0 radical (unpaired) electrons. The highest BCUT2D eigenvalue weighted by molar-refractivity contribution is 5.92. The van der Waals surface area contributed by atoms with Gasteiger partial charge in [-0.3, -0.25) is 14.6 Å². The molecule has 0 N–H and O–H groups in total. The fourth-order valence-electron chi connectivity index (χ4n) is 4.39. The first-order valence-electron chi connectivity index (χ1n) is 12.2. The van der Waals surface area contributed by atoms with E-state index in [1.165, 1.54) is 17.4 Å². The summed E-state index contributed by atoms with van der Waals surface area (Å²) in [6.45, 7) is 7.84. The normalized spacial score (nSPS) is 13.5. The third-order valence-electron chi connectivity index (χ3n) is 6.48. The Morgan fingerprint density at radius 2 is 1.57 bits per heavy atom. The van der Waals surface area contributed by atoms with Gasteiger partial charge in [-0.2, -0.15) is 0 Å². The minimum atomic E-state index is -0.189. The second kappa shape index (κ2) is 11.6. The van der Waals surface area contributed by atoms with Crippen LogP contribution in [-0.2, 0) is 11.2 Å². The van der Waals surface area contributed by atoms with Crippen molar-refractivity contribution < 1.29 is 9.59 Å². The van der Waals surface area contributed by atoms with Crippen LogP contribution in [0.4, 0.5) is 5.69 Å². The Hall–Kier alpha value is -3.74. The number of benzene rings is 2. The largest absolute Gasteiger partial charge is 0.368 e. The van der Waals surface area contributed by atoms with Crippen molar-refractivity contribution >= 4 is 17.5 Å². The average Bonchev–Trinajstić information content (AvgIpc) is 2.89. The molecule has 2 amide bonds. The molecule has 7 heteroatoms. The maximum atomic E-state index is 13.2. The van der Waals surface area contributed by atoms with Crippen molar-refractivity contribution in [3.05, 3.63) is 89.5 Å². The molecule has 2 aromatic carbocycles. The molecule has 0 unspecified atom stereocenters. The van der Waals surface area contributed by atoms with Crippen molar-refractivity contribution in [2.24, 2.45) is 0 Å². The fourth-order valence-corrected chi connectivity index (χ4v) is 4.39. The van der Waals surface area contributed by atoms with Crippen LogP contribution in [0.15, 0.2) is 67.0 Å². The zero-order valence-corrected chi connectivity index (χ0v) is 20.6. The second-order valence-electron chi connectivity index (χ2n) is 8.98. The van der Waals surface area contributed by atoms with Crippen LogP contribution in [0.2, 0.25) is 0 Å². The summed E-state index contributed by atoms with van der Waals surface area (Å²) in [5, 5.41) is 0. The summed E-state index contributed by atoms with van der Waals surface area (Å²) in [6.07, 6.45) is 4.13. The van der Waals surface area contributed by atoms with E-state index in [9.17, 15) is 9.59 Å². The zero-order chi connectivity index (χ0) is 24.6. The van der Waals surface area contributed by atoms with Gasteiger partial charge in [-0.05, 0) is 37.5 Å². The zero-order valence-electron chi connectivity index (χ0n) is 20.6. The number of amides is 2. The van der Waals surface area contributed by atoms with Crippen molar-refractivity contribution in [2.45, 2.75) is 26.7 Å². The van der Waals surface area contributed by atoms with Crippen LogP contribution in [0, 0.1) is 13.8 Å². The molecule has 1 saturated heterocycles. The van der Waals surface area contributed by atoms with Crippen LogP contribution in [0.25, 0.3) is 0 Å². The lowest BCUT2D eigenvalue weighted by atomic mass is 10.1. The number of rotatable bonds is 8. The summed E-state index contributed by atoms with van der Waals surface area (Å²) in [5.74, 6) is -0.104. The Morgan fingerprint density at radius 1 is 0.857 bits per heavy atom. The van der Waals surface area contributed by atoms with Gasteiger partial charge in [-0.1, -0.05) is 48.5 Å². The van der Waals surface area contributed by atoms with E-state index in [0.717, 1.165) is 30.8 Å². The summed E-state index contributed by atoms with van der Waals surface area (Å²) in [4.78, 5) is 40.7. The number of hydrogen-bond donors (Lipinski definition) is 0. The predicted octanol–water partition coefficient (Wildman–Crippen LogP) is 3.52. The molecule has 7 nitrogen and oxygen atoms in total. The first kappa shape index (κ1) is 24.4. The highest BCUT2D eigenvalue weighted by Gasteiger charge is 2.24. The summed E-state index contributed by atoms with van der Waals surface area (Å²) in [5.41, 5.74) is 4.70. The topological polar surface area (TPSA) is 69.6 Å². The van der Waals surface area contributed by atoms with Crippen LogP contribution in [-0.4, -0.2) is 70.9 Å². The number of nitrogens with zero attached hydrogens (tertiary/aromatic N) is 5. The van der Waals surface area contributed by atoms with E-state index in [-0.39, 0.29) is 11.8 Å². The van der Waals surface area contributed by atoms with Gasteiger partial charge >= 0.3 is 0 Å². The van der Waals surface area contributed by atoms with Gasteiger partial charge in [0, 0.05) is 57.6 Å². The molecule has 4 rings (SSSR count). The van der Waals surface area contributed by atoms with E-state index in [1.807, 2.05) is 48.2 Å². The number of carbonyl (C=O) groups excluding carboxylic acids is 2. The second-order valence-corrected chi connectivity index (χ2v) is 8.98. The van der Waals surface area contributed by atoms with Crippen LogP contribution in [0.3, 0.4) is 0 Å². The van der Waals surface area contributed by atoms with Crippen LogP contribution < -0.4 is 4.90 Å². The quantitative estimate of drug-likeness (QED) is 0.503. The van der Waals surface area contributed by atoms with Crippen molar-refractivity contribution in [3.63, 3.8) is 0 Å². The molecular weight excluding hydrogens is 438 g/mol. The van der Waals surface area contributed by atoms with Gasteiger partial charge in [-0.15, -0.1) is 0 Å². The predicted molar refractivity (Wildman–Crippen MR) is 137 cm³/mol. The molecule has 182 valence electrons. The molecule has 1 fully saturated rings. The Kier molecular flexibility index (Phi) is 8.08. The third kappa shape index (κ3) is 6.44. The van der Waals surface area contributed by atoms with E-state index in [4.69, 9.17) is 0 Å². The van der Waals surface area contributed by atoms with Crippen LogP contribution >= 0.6 is 0 Å². The minimum Gasteiger partial charge on any atom is -0.368 e. The lowest BCUT2D eigenvalue weighted by Crippen LogP contribution is -2.49. The van der Waals surface area contributed by atoms with Gasteiger partial charge < -0.3 is 14.7 Å². The molecule has 35 heavy (non-hydrogen) atoms. The molecule has 1 aliphatic heterocycles. The monoisotopic (exact) mass is 471 g/mol. The summed E-state index contributed by atoms with van der Waals surface area (Å²) in [7, 11) is 0. The fraction of sp³-hybridized carbons (Fsp3) is 0.357. The van der Waals surface area contributed by atoms with Gasteiger partial charge in [-0.25, -0.2) is 4.98 Å². The molecule has 0 spiro atoms.